The van der Waals surface area contributed by atoms with Gasteiger partial charge in [0, 0.05) is 55.5 Å². The molecular weight excluding hydrogens is 600 g/mol. The molecule has 9 nitrogen and oxygen atoms in total. The van der Waals surface area contributed by atoms with Crippen molar-refractivity contribution in [3.8, 4) is 0 Å². The minimum atomic E-state index is -0.200. The lowest BCUT2D eigenvalue weighted by molar-refractivity contribution is -0.126. The fourth-order valence-corrected chi connectivity index (χ4v) is 6.95. The van der Waals surface area contributed by atoms with Gasteiger partial charge in [0.05, 0.1) is 0 Å². The molecule has 0 aliphatic carbocycles. The lowest BCUT2D eigenvalue weighted by Crippen LogP contribution is -2.48. The van der Waals surface area contributed by atoms with Gasteiger partial charge in [0.15, 0.2) is 0 Å². The van der Waals surface area contributed by atoms with Crippen molar-refractivity contribution in [1.29, 1.82) is 0 Å². The standard InChI is InChI=1S/C39H78N6O3/c1-7-18-32(19-8-2)41-26-16-13-23-35-29-38(47)43-34(22-12-15-25-40-31(6)11-5)28-37(46)44-36(30-39(48)45-35)24-14-17-27-42-33(20-9-3)21-10-4/h31-36,40-42H,7-30H2,1-6H3,(H,43,47)(H,44,46)(H,45,48). The molecule has 282 valence electrons. The van der Waals surface area contributed by atoms with Gasteiger partial charge >= 0.3 is 0 Å². The topological polar surface area (TPSA) is 123 Å². The van der Waals surface area contributed by atoms with Gasteiger partial charge in [-0.3, -0.25) is 14.4 Å². The molecule has 6 N–H and O–H groups in total. The van der Waals surface area contributed by atoms with E-state index in [0.29, 0.717) is 18.1 Å². The molecule has 48 heavy (non-hydrogen) atoms. The second kappa shape index (κ2) is 29.1. The van der Waals surface area contributed by atoms with Crippen LogP contribution in [0.15, 0.2) is 0 Å². The van der Waals surface area contributed by atoms with E-state index >= 15 is 0 Å². The van der Waals surface area contributed by atoms with Crippen molar-refractivity contribution in [2.45, 2.75) is 213 Å². The molecule has 4 atom stereocenters. The second-order valence-corrected chi connectivity index (χ2v) is 14.6. The van der Waals surface area contributed by atoms with Crippen molar-refractivity contribution >= 4 is 17.7 Å². The van der Waals surface area contributed by atoms with Crippen LogP contribution in [0.25, 0.3) is 0 Å². The highest BCUT2D eigenvalue weighted by Gasteiger charge is 2.25. The highest BCUT2D eigenvalue weighted by Crippen LogP contribution is 2.14. The zero-order valence-corrected chi connectivity index (χ0v) is 32.2. The number of unbranched alkanes of at least 4 members (excludes halogenated alkanes) is 3. The van der Waals surface area contributed by atoms with Gasteiger partial charge in [0.2, 0.25) is 17.7 Å². The van der Waals surface area contributed by atoms with Crippen LogP contribution in [0, 0.1) is 0 Å². The summed E-state index contributed by atoms with van der Waals surface area (Å²) in [5.41, 5.74) is 0. The van der Waals surface area contributed by atoms with Gasteiger partial charge in [0.1, 0.15) is 0 Å². The first-order valence-corrected chi connectivity index (χ1v) is 20.3. The van der Waals surface area contributed by atoms with Gasteiger partial charge in [-0.25, -0.2) is 0 Å². The number of hydrogen-bond acceptors (Lipinski definition) is 6. The van der Waals surface area contributed by atoms with Crippen LogP contribution in [0.5, 0.6) is 0 Å². The summed E-state index contributed by atoms with van der Waals surface area (Å²) in [6.07, 6.45) is 19.7. The number of carbonyl (C=O) groups is 3. The Balaban J connectivity index is 2.83. The van der Waals surface area contributed by atoms with Crippen LogP contribution in [0.2, 0.25) is 0 Å². The summed E-state index contributed by atoms with van der Waals surface area (Å²) in [5.74, 6) is -0.222. The Morgan fingerprint density at radius 3 is 1.12 bits per heavy atom. The molecule has 0 radical (unpaired) electrons. The third-order valence-electron chi connectivity index (χ3n) is 9.85. The SMILES string of the molecule is CCCC(CCC)NCCCCC1CC(=O)NC(CCCCNC(C)CC)CC(=O)NC(CCCCNC(CCC)CCC)CC(=O)N1. The summed E-state index contributed by atoms with van der Waals surface area (Å²) in [7, 11) is 0. The Morgan fingerprint density at radius 1 is 0.521 bits per heavy atom. The first-order valence-electron chi connectivity index (χ1n) is 20.3. The molecule has 1 saturated heterocycles. The Kier molecular flexibility index (Phi) is 26.8. The molecule has 0 aromatic carbocycles. The van der Waals surface area contributed by atoms with E-state index in [0.717, 1.165) is 83.8 Å². The molecular formula is C39H78N6O3. The van der Waals surface area contributed by atoms with E-state index in [1.54, 1.807) is 0 Å². The number of hydrogen-bond donors (Lipinski definition) is 6. The van der Waals surface area contributed by atoms with Crippen molar-refractivity contribution in [2.75, 3.05) is 19.6 Å². The highest BCUT2D eigenvalue weighted by atomic mass is 16.2. The van der Waals surface area contributed by atoms with Crippen LogP contribution in [-0.2, 0) is 14.4 Å². The summed E-state index contributed by atoms with van der Waals surface area (Å²) >= 11 is 0. The van der Waals surface area contributed by atoms with Gasteiger partial charge in [-0.1, -0.05) is 79.6 Å². The molecule has 0 aromatic rings. The molecule has 9 heteroatoms. The number of carbonyl (C=O) groups excluding carboxylic acids is 3. The lowest BCUT2D eigenvalue weighted by atomic mass is 10.00. The Bertz CT molecular complexity index is 762. The van der Waals surface area contributed by atoms with Crippen LogP contribution in [0.1, 0.15) is 176 Å². The largest absolute Gasteiger partial charge is 0.353 e. The molecule has 1 aliphatic heterocycles. The van der Waals surface area contributed by atoms with Crippen LogP contribution in [0.4, 0.5) is 0 Å². The van der Waals surface area contributed by atoms with Crippen molar-refractivity contribution in [1.82, 2.24) is 31.9 Å². The Hall–Kier alpha value is -1.71. The summed E-state index contributed by atoms with van der Waals surface area (Å²) in [5, 5.41) is 20.5. The average molecular weight is 679 g/mol. The zero-order valence-electron chi connectivity index (χ0n) is 32.2. The number of nitrogens with one attached hydrogen (secondary N) is 6. The summed E-state index contributed by atoms with van der Waals surface area (Å²) in [4.78, 5) is 39.8. The second-order valence-electron chi connectivity index (χ2n) is 14.6. The molecule has 0 saturated carbocycles. The van der Waals surface area contributed by atoms with Gasteiger partial charge in [-0.15, -0.1) is 0 Å². The molecule has 0 spiro atoms. The van der Waals surface area contributed by atoms with E-state index in [4.69, 9.17) is 0 Å². The minimum absolute atomic E-state index is 0.0720. The highest BCUT2D eigenvalue weighted by molar-refractivity contribution is 5.83. The predicted molar refractivity (Wildman–Crippen MR) is 202 cm³/mol. The Morgan fingerprint density at radius 2 is 0.833 bits per heavy atom. The molecule has 1 fully saturated rings. The third-order valence-corrected chi connectivity index (χ3v) is 9.85. The first-order chi connectivity index (χ1) is 23.2. The quantitative estimate of drug-likeness (QED) is 0.0542. The first kappa shape index (κ1) is 44.3. The summed E-state index contributed by atoms with van der Waals surface area (Å²) < 4.78 is 0. The predicted octanol–water partition coefficient (Wildman–Crippen LogP) is 6.64. The maximum absolute atomic E-state index is 13.3. The van der Waals surface area contributed by atoms with E-state index in [2.05, 4.69) is 73.4 Å². The third kappa shape index (κ3) is 22.8. The smallest absolute Gasteiger partial charge is 0.222 e. The number of rotatable bonds is 27. The van der Waals surface area contributed by atoms with Crippen molar-refractivity contribution in [3.05, 3.63) is 0 Å². The van der Waals surface area contributed by atoms with Gasteiger partial charge in [0.25, 0.3) is 0 Å². The van der Waals surface area contributed by atoms with E-state index < -0.39 is 0 Å². The molecule has 0 bridgehead atoms. The van der Waals surface area contributed by atoms with E-state index in [1.807, 2.05) is 0 Å². The Labute approximate surface area is 295 Å². The van der Waals surface area contributed by atoms with Crippen molar-refractivity contribution in [3.63, 3.8) is 0 Å². The molecule has 1 rings (SSSR count). The van der Waals surface area contributed by atoms with Crippen LogP contribution in [-0.4, -0.2) is 73.6 Å². The fraction of sp³-hybridized carbons (Fsp3) is 0.923. The molecule has 1 aliphatic rings. The summed E-state index contributed by atoms with van der Waals surface area (Å²) in [6, 6.07) is 1.05. The maximum Gasteiger partial charge on any atom is 0.222 e. The average Bonchev–Trinajstić information content (AvgIpc) is 3.03. The van der Waals surface area contributed by atoms with Gasteiger partial charge in [-0.05, 0) is 97.2 Å². The van der Waals surface area contributed by atoms with Gasteiger partial charge in [-0.2, -0.15) is 0 Å². The zero-order chi connectivity index (χ0) is 35.4. The molecule has 0 aromatic heterocycles. The van der Waals surface area contributed by atoms with Crippen LogP contribution in [0.3, 0.4) is 0 Å². The molecule has 4 unspecified atom stereocenters. The van der Waals surface area contributed by atoms with E-state index in [9.17, 15) is 14.4 Å². The van der Waals surface area contributed by atoms with Crippen LogP contribution < -0.4 is 31.9 Å². The monoisotopic (exact) mass is 679 g/mol. The summed E-state index contributed by atoms with van der Waals surface area (Å²) in [6.45, 7) is 16.2. The molecule has 3 amide bonds. The minimum Gasteiger partial charge on any atom is -0.353 e. The van der Waals surface area contributed by atoms with E-state index in [1.165, 1.54) is 51.4 Å². The van der Waals surface area contributed by atoms with Crippen molar-refractivity contribution in [2.24, 2.45) is 0 Å². The van der Waals surface area contributed by atoms with E-state index in [-0.39, 0.29) is 55.1 Å². The number of amides is 3. The maximum atomic E-state index is 13.3. The lowest BCUT2D eigenvalue weighted by Gasteiger charge is -2.26. The molecule has 1 heterocycles. The van der Waals surface area contributed by atoms with Crippen LogP contribution >= 0.6 is 0 Å². The van der Waals surface area contributed by atoms with Crippen molar-refractivity contribution < 1.29 is 14.4 Å². The van der Waals surface area contributed by atoms with Gasteiger partial charge < -0.3 is 31.9 Å². The normalized spacial score (nSPS) is 20.2. The fourth-order valence-electron chi connectivity index (χ4n) is 6.95.